The molecule has 0 aromatic heterocycles. The zero-order valence-electron chi connectivity index (χ0n) is 36.1. The number of allylic oxidation sites excluding steroid dienone is 4. The molecule has 0 spiro atoms. The lowest BCUT2D eigenvalue weighted by molar-refractivity contribution is -0.303. The molecule has 0 aliphatic carbocycles. The summed E-state index contributed by atoms with van der Waals surface area (Å²) in [5, 5.41) is 75.6. The van der Waals surface area contributed by atoms with Gasteiger partial charge in [-0.15, -0.1) is 0 Å². The molecular weight excluding hydrogens is 727 g/mol. The van der Waals surface area contributed by atoms with Crippen LogP contribution < -0.4 is 5.32 Å². The van der Waals surface area contributed by atoms with Crippen LogP contribution in [0.15, 0.2) is 24.3 Å². The second kappa shape index (κ2) is 36.4. The van der Waals surface area contributed by atoms with E-state index in [1.165, 1.54) is 103 Å². The Morgan fingerprint density at radius 1 is 0.596 bits per heavy atom. The largest absolute Gasteiger partial charge is 0.394 e. The molecule has 1 fully saturated rings. The van der Waals surface area contributed by atoms with Crippen LogP contribution >= 0.6 is 0 Å². The fraction of sp³-hybridized carbons (Fsp3) is 0.891. The molecule has 336 valence electrons. The summed E-state index contributed by atoms with van der Waals surface area (Å²) in [4.78, 5) is 13.1. The Bertz CT molecular complexity index is 981. The molecule has 11 nitrogen and oxygen atoms in total. The van der Waals surface area contributed by atoms with Gasteiger partial charge in [0.2, 0.25) is 5.91 Å². The normalized spacial score (nSPS) is 22.3. The second-order valence-electron chi connectivity index (χ2n) is 16.5. The van der Waals surface area contributed by atoms with Crippen LogP contribution in [0.5, 0.6) is 0 Å². The standard InChI is InChI=1S/C46H87NO10/c1-3-5-7-9-11-13-15-17-19-20-22-24-26-28-30-32-34-39(50)45(55)47-37(36-56-46-44(54)43(53)42(52)40(35-48)57-46)41(51)38(49)33-31-29-27-25-23-21-18-16-14-12-10-8-6-4-2/h9,11,18,21,37-44,46,48-54H,3-8,10,12-17,19-20,22-36H2,1-2H3,(H,47,55). The third kappa shape index (κ3) is 26.4. The Kier molecular flexibility index (Phi) is 34.3. The quantitative estimate of drug-likeness (QED) is 0.0230. The minimum atomic E-state index is -1.66. The molecule has 0 aromatic carbocycles. The number of aliphatic hydroxyl groups excluding tert-OH is 7. The number of aliphatic hydroxyl groups is 7. The fourth-order valence-electron chi connectivity index (χ4n) is 7.30. The number of ether oxygens (including phenoxy) is 2. The van der Waals surface area contributed by atoms with Crippen LogP contribution in [0.3, 0.4) is 0 Å². The molecule has 8 N–H and O–H groups in total. The van der Waals surface area contributed by atoms with Gasteiger partial charge in [-0.3, -0.25) is 4.79 Å². The van der Waals surface area contributed by atoms with E-state index < -0.39 is 74.2 Å². The molecule has 0 radical (unpaired) electrons. The van der Waals surface area contributed by atoms with Crippen LogP contribution in [0, 0.1) is 0 Å². The van der Waals surface area contributed by atoms with Crippen molar-refractivity contribution in [2.45, 2.75) is 249 Å². The summed E-state index contributed by atoms with van der Waals surface area (Å²) >= 11 is 0. The van der Waals surface area contributed by atoms with Gasteiger partial charge in [-0.25, -0.2) is 0 Å². The van der Waals surface area contributed by atoms with Gasteiger partial charge in [0, 0.05) is 0 Å². The van der Waals surface area contributed by atoms with Gasteiger partial charge >= 0.3 is 0 Å². The Balaban J connectivity index is 2.47. The summed E-state index contributed by atoms with van der Waals surface area (Å²) in [6.45, 7) is 3.39. The number of nitrogens with one attached hydrogen (secondary N) is 1. The van der Waals surface area contributed by atoms with Crippen molar-refractivity contribution in [2.75, 3.05) is 13.2 Å². The molecule has 0 saturated carbocycles. The van der Waals surface area contributed by atoms with E-state index in [9.17, 15) is 40.5 Å². The monoisotopic (exact) mass is 814 g/mol. The zero-order chi connectivity index (χ0) is 41.9. The average Bonchev–Trinajstić information content (AvgIpc) is 3.21. The summed E-state index contributed by atoms with van der Waals surface area (Å²) in [5.41, 5.74) is 0. The van der Waals surface area contributed by atoms with Gasteiger partial charge in [0.05, 0.1) is 25.4 Å². The average molecular weight is 814 g/mol. The topological polar surface area (TPSA) is 189 Å². The van der Waals surface area contributed by atoms with Crippen LogP contribution in [0.1, 0.15) is 194 Å². The van der Waals surface area contributed by atoms with E-state index >= 15 is 0 Å². The highest BCUT2D eigenvalue weighted by Crippen LogP contribution is 2.23. The van der Waals surface area contributed by atoms with Crippen LogP contribution in [-0.4, -0.2) is 110 Å². The highest BCUT2D eigenvalue weighted by molar-refractivity contribution is 5.80. The van der Waals surface area contributed by atoms with Crippen molar-refractivity contribution in [1.82, 2.24) is 5.32 Å². The highest BCUT2D eigenvalue weighted by atomic mass is 16.7. The van der Waals surface area contributed by atoms with E-state index in [0.29, 0.717) is 19.3 Å². The van der Waals surface area contributed by atoms with E-state index in [2.05, 4.69) is 43.5 Å². The van der Waals surface area contributed by atoms with Gasteiger partial charge < -0.3 is 50.5 Å². The van der Waals surface area contributed by atoms with E-state index in [1.54, 1.807) is 0 Å². The molecule has 11 heteroatoms. The SMILES string of the molecule is CCCCC=CCCCCCCCCCCCCC(O)C(=O)NC(COC1OC(CO)C(O)C(O)C1O)C(O)C(O)CCCCCCC=CCCCCCCCC. The lowest BCUT2D eigenvalue weighted by atomic mass is 9.98. The van der Waals surface area contributed by atoms with E-state index in [-0.39, 0.29) is 6.42 Å². The number of hydrogen-bond acceptors (Lipinski definition) is 10. The summed E-state index contributed by atoms with van der Waals surface area (Å²) < 4.78 is 11.1. The zero-order valence-corrected chi connectivity index (χ0v) is 36.1. The molecule has 1 saturated heterocycles. The van der Waals surface area contributed by atoms with Crippen LogP contribution in [0.25, 0.3) is 0 Å². The first kappa shape index (κ1) is 53.6. The fourth-order valence-corrected chi connectivity index (χ4v) is 7.30. The second-order valence-corrected chi connectivity index (χ2v) is 16.5. The Labute approximate surface area is 346 Å². The molecular formula is C46H87NO10. The molecule has 1 rings (SSSR count). The minimum absolute atomic E-state index is 0.256. The smallest absolute Gasteiger partial charge is 0.249 e. The van der Waals surface area contributed by atoms with E-state index in [0.717, 1.165) is 51.4 Å². The van der Waals surface area contributed by atoms with Gasteiger partial charge in [0.1, 0.15) is 36.6 Å². The Morgan fingerprint density at radius 2 is 1.04 bits per heavy atom. The van der Waals surface area contributed by atoms with Crippen molar-refractivity contribution >= 4 is 5.91 Å². The van der Waals surface area contributed by atoms with Crippen molar-refractivity contribution in [3.8, 4) is 0 Å². The summed E-state index contributed by atoms with van der Waals surface area (Å²) in [6, 6.07) is -1.17. The highest BCUT2D eigenvalue weighted by Gasteiger charge is 2.44. The maximum Gasteiger partial charge on any atom is 0.249 e. The molecule has 1 aliphatic heterocycles. The lowest BCUT2D eigenvalue weighted by Crippen LogP contribution is -2.60. The van der Waals surface area contributed by atoms with E-state index in [4.69, 9.17) is 9.47 Å². The van der Waals surface area contributed by atoms with Gasteiger partial charge in [-0.2, -0.15) is 0 Å². The molecule has 9 atom stereocenters. The van der Waals surface area contributed by atoms with E-state index in [1.807, 2.05) is 0 Å². The number of carbonyl (C=O) groups excluding carboxylic acids is 1. The molecule has 0 bridgehead atoms. The van der Waals surface area contributed by atoms with Gasteiger partial charge in [0.25, 0.3) is 0 Å². The van der Waals surface area contributed by atoms with Gasteiger partial charge in [0.15, 0.2) is 6.29 Å². The maximum absolute atomic E-state index is 13.1. The molecule has 9 unspecified atom stereocenters. The van der Waals surface area contributed by atoms with Crippen molar-refractivity contribution in [2.24, 2.45) is 0 Å². The lowest BCUT2D eigenvalue weighted by Gasteiger charge is -2.40. The van der Waals surface area contributed by atoms with Gasteiger partial charge in [-0.05, 0) is 57.8 Å². The number of hydrogen-bond donors (Lipinski definition) is 8. The minimum Gasteiger partial charge on any atom is -0.394 e. The predicted molar refractivity (Wildman–Crippen MR) is 229 cm³/mol. The van der Waals surface area contributed by atoms with Crippen molar-refractivity contribution in [3.63, 3.8) is 0 Å². The third-order valence-electron chi connectivity index (χ3n) is 11.2. The predicted octanol–water partition coefficient (Wildman–Crippen LogP) is 7.45. The molecule has 1 heterocycles. The Morgan fingerprint density at radius 3 is 1.53 bits per heavy atom. The first-order chi connectivity index (χ1) is 27.7. The molecule has 1 aliphatic rings. The number of amides is 1. The number of unbranched alkanes of at least 4 members (excludes halogenated alkanes) is 22. The van der Waals surface area contributed by atoms with Crippen LogP contribution in [-0.2, 0) is 14.3 Å². The van der Waals surface area contributed by atoms with Crippen LogP contribution in [0.2, 0.25) is 0 Å². The first-order valence-corrected chi connectivity index (χ1v) is 23.2. The Hall–Kier alpha value is -1.41. The number of carbonyl (C=O) groups is 1. The first-order valence-electron chi connectivity index (χ1n) is 23.2. The van der Waals surface area contributed by atoms with Gasteiger partial charge in [-0.1, -0.05) is 160 Å². The maximum atomic E-state index is 13.1. The van der Waals surface area contributed by atoms with Crippen molar-refractivity contribution < 1.29 is 50.0 Å². The summed E-state index contributed by atoms with van der Waals surface area (Å²) in [7, 11) is 0. The summed E-state index contributed by atoms with van der Waals surface area (Å²) in [6.07, 6.45) is 27.9. The van der Waals surface area contributed by atoms with Crippen LogP contribution in [0.4, 0.5) is 0 Å². The molecule has 57 heavy (non-hydrogen) atoms. The summed E-state index contributed by atoms with van der Waals surface area (Å²) in [5.74, 6) is -0.704. The molecule has 0 aromatic rings. The van der Waals surface area contributed by atoms with Crippen molar-refractivity contribution in [1.29, 1.82) is 0 Å². The number of rotatable bonds is 38. The molecule has 1 amide bonds. The van der Waals surface area contributed by atoms with Crippen molar-refractivity contribution in [3.05, 3.63) is 24.3 Å². The third-order valence-corrected chi connectivity index (χ3v) is 11.2.